The largest absolute Gasteiger partial charge is 0.479 e. The molecule has 1 N–H and O–H groups in total. The average Bonchev–Trinajstić information content (AvgIpc) is 2.59. The first-order valence-electron chi connectivity index (χ1n) is 7.15. The third-order valence-corrected chi connectivity index (χ3v) is 3.26. The zero-order valence-corrected chi connectivity index (χ0v) is 13.1. The van der Waals surface area contributed by atoms with Gasteiger partial charge in [-0.3, -0.25) is 30.3 Å². The van der Waals surface area contributed by atoms with Crippen molar-refractivity contribution in [3.8, 4) is 5.75 Å². The molecule has 0 spiro atoms. The van der Waals surface area contributed by atoms with E-state index in [2.05, 4.69) is 0 Å². The molecule has 12 nitrogen and oxygen atoms in total. The van der Waals surface area contributed by atoms with Crippen molar-refractivity contribution in [1.29, 1.82) is 0 Å². The molecular weight excluding hydrogens is 352 g/mol. The van der Waals surface area contributed by atoms with Gasteiger partial charge in [0.1, 0.15) is 12.7 Å². The number of non-ortho nitro benzene ring substituents is 1. The normalized spacial score (nSPS) is 11.6. The van der Waals surface area contributed by atoms with E-state index in [4.69, 9.17) is 4.74 Å². The molecule has 1 heterocycles. The minimum atomic E-state index is -1.13. The minimum absolute atomic E-state index is 0.0788. The lowest BCUT2D eigenvalue weighted by Gasteiger charge is -2.10. The van der Waals surface area contributed by atoms with Crippen LogP contribution in [0.3, 0.4) is 0 Å². The summed E-state index contributed by atoms with van der Waals surface area (Å²) in [5.41, 5.74) is -2.66. The van der Waals surface area contributed by atoms with Crippen molar-refractivity contribution in [1.82, 2.24) is 0 Å². The zero-order valence-electron chi connectivity index (χ0n) is 13.1. The highest BCUT2D eigenvalue weighted by Gasteiger charge is 2.32. The molecule has 26 heavy (non-hydrogen) atoms. The number of pyridine rings is 1. The van der Waals surface area contributed by atoms with Crippen LogP contribution in [0, 0.1) is 30.3 Å². The summed E-state index contributed by atoms with van der Waals surface area (Å²) in [4.78, 5) is 30.0. The maximum absolute atomic E-state index is 11.1. The van der Waals surface area contributed by atoms with Gasteiger partial charge in [-0.25, -0.2) is 4.57 Å². The fourth-order valence-corrected chi connectivity index (χ4v) is 2.14. The van der Waals surface area contributed by atoms with Crippen LogP contribution in [-0.4, -0.2) is 32.6 Å². The maximum Gasteiger partial charge on any atom is 0.325 e. The summed E-state index contributed by atoms with van der Waals surface area (Å²) in [5, 5.41) is 43.0. The highest BCUT2D eigenvalue weighted by Crippen LogP contribution is 2.40. The quantitative estimate of drug-likeness (QED) is 0.413. The molecule has 0 bridgehead atoms. The predicted octanol–water partition coefficient (Wildman–Crippen LogP) is 1.14. The number of ether oxygens (including phenoxy) is 1. The second-order valence-corrected chi connectivity index (χ2v) is 5.12. The van der Waals surface area contributed by atoms with E-state index < -0.39 is 50.3 Å². The van der Waals surface area contributed by atoms with Crippen LogP contribution in [0.25, 0.3) is 0 Å². The summed E-state index contributed by atoms with van der Waals surface area (Å²) in [5.74, 6) is -0.747. The lowest BCUT2D eigenvalue weighted by molar-refractivity contribution is -0.703. The first-order chi connectivity index (χ1) is 12.3. The van der Waals surface area contributed by atoms with Gasteiger partial charge in [0.2, 0.25) is 0 Å². The molecule has 0 amide bonds. The topological polar surface area (TPSA) is 163 Å². The molecule has 0 aliphatic heterocycles. The van der Waals surface area contributed by atoms with Gasteiger partial charge in [-0.2, -0.15) is 0 Å². The van der Waals surface area contributed by atoms with Crippen LogP contribution >= 0.6 is 0 Å². The van der Waals surface area contributed by atoms with Crippen molar-refractivity contribution in [3.05, 3.63) is 73.1 Å². The van der Waals surface area contributed by atoms with Gasteiger partial charge >= 0.3 is 11.4 Å². The molecule has 1 unspecified atom stereocenters. The van der Waals surface area contributed by atoms with Crippen LogP contribution in [0.15, 0.2) is 42.7 Å². The monoisotopic (exact) mass is 365 g/mol. The summed E-state index contributed by atoms with van der Waals surface area (Å²) < 4.78 is 6.71. The molecule has 0 radical (unpaired) electrons. The molecule has 0 aliphatic rings. The third kappa shape index (κ3) is 4.45. The number of benzene rings is 1. The number of aromatic nitrogens is 1. The van der Waals surface area contributed by atoms with Gasteiger partial charge in [-0.1, -0.05) is 6.07 Å². The van der Waals surface area contributed by atoms with Crippen molar-refractivity contribution in [3.63, 3.8) is 0 Å². The van der Waals surface area contributed by atoms with E-state index in [9.17, 15) is 35.4 Å². The molecule has 1 aromatic carbocycles. The van der Waals surface area contributed by atoms with Crippen molar-refractivity contribution in [2.75, 3.05) is 6.61 Å². The first kappa shape index (κ1) is 18.7. The molecule has 0 saturated carbocycles. The van der Waals surface area contributed by atoms with Crippen LogP contribution in [0.5, 0.6) is 5.75 Å². The highest BCUT2D eigenvalue weighted by atomic mass is 16.6. The van der Waals surface area contributed by atoms with Crippen LogP contribution < -0.4 is 9.30 Å². The van der Waals surface area contributed by atoms with Crippen LogP contribution in [0.1, 0.15) is 0 Å². The molecule has 12 heteroatoms. The standard InChI is InChI=1S/C14H13N4O8/c19-11(8-15-4-2-1-3-5-15)9-26-14-12(17(22)23)6-10(16(20)21)7-13(14)18(24)25/h1-7,11,19H,8-9H2/q+1. The number of nitro groups is 3. The Balaban J connectivity index is 2.28. The summed E-state index contributed by atoms with van der Waals surface area (Å²) in [6.45, 7) is -0.406. The van der Waals surface area contributed by atoms with Crippen LogP contribution in [-0.2, 0) is 6.54 Å². The Bertz CT molecular complexity index is 807. The number of rotatable bonds is 8. The molecule has 0 fully saturated rings. The van der Waals surface area contributed by atoms with Gasteiger partial charge in [0, 0.05) is 12.1 Å². The fraction of sp³-hybridized carbons (Fsp3) is 0.214. The summed E-state index contributed by atoms with van der Waals surface area (Å²) in [7, 11) is 0. The van der Waals surface area contributed by atoms with Gasteiger partial charge in [-0.15, -0.1) is 0 Å². The molecule has 0 aliphatic carbocycles. The summed E-state index contributed by atoms with van der Waals surface area (Å²) >= 11 is 0. The maximum atomic E-state index is 11.1. The van der Waals surface area contributed by atoms with Crippen molar-refractivity contribution >= 4 is 17.1 Å². The van der Waals surface area contributed by atoms with Gasteiger partial charge < -0.3 is 9.84 Å². The van der Waals surface area contributed by atoms with Gasteiger partial charge in [0.25, 0.3) is 11.4 Å². The van der Waals surface area contributed by atoms with Gasteiger partial charge in [0.05, 0.1) is 26.9 Å². The van der Waals surface area contributed by atoms with E-state index in [1.54, 1.807) is 35.2 Å². The lowest BCUT2D eigenvalue weighted by Crippen LogP contribution is -2.41. The number of nitro benzene ring substituents is 3. The van der Waals surface area contributed by atoms with E-state index in [-0.39, 0.29) is 6.54 Å². The zero-order chi connectivity index (χ0) is 19.3. The fourth-order valence-electron chi connectivity index (χ4n) is 2.14. The van der Waals surface area contributed by atoms with Crippen molar-refractivity contribution in [2.45, 2.75) is 12.6 Å². The molecule has 2 aromatic rings. The summed E-state index contributed by atoms with van der Waals surface area (Å²) in [6, 6.07) is 6.35. The first-order valence-corrected chi connectivity index (χ1v) is 7.15. The average molecular weight is 365 g/mol. The Hall–Kier alpha value is -3.67. The number of aliphatic hydroxyl groups excluding tert-OH is 1. The highest BCUT2D eigenvalue weighted by molar-refractivity contribution is 5.65. The van der Waals surface area contributed by atoms with E-state index in [1.165, 1.54) is 0 Å². The Morgan fingerprint density at radius 2 is 1.50 bits per heavy atom. The third-order valence-electron chi connectivity index (χ3n) is 3.26. The van der Waals surface area contributed by atoms with E-state index >= 15 is 0 Å². The molecule has 136 valence electrons. The van der Waals surface area contributed by atoms with Gasteiger partial charge in [-0.05, 0) is 0 Å². The molecule has 2 rings (SSSR count). The van der Waals surface area contributed by atoms with Crippen molar-refractivity contribution < 1.29 is 29.2 Å². The van der Waals surface area contributed by atoms with Crippen molar-refractivity contribution in [2.24, 2.45) is 0 Å². The number of hydrogen-bond donors (Lipinski definition) is 1. The van der Waals surface area contributed by atoms with E-state index in [0.717, 1.165) is 0 Å². The smallest absolute Gasteiger partial charge is 0.325 e. The minimum Gasteiger partial charge on any atom is -0.479 e. The van der Waals surface area contributed by atoms with E-state index in [0.29, 0.717) is 12.1 Å². The van der Waals surface area contributed by atoms with Crippen LogP contribution in [0.2, 0.25) is 0 Å². The molecule has 0 saturated heterocycles. The predicted molar refractivity (Wildman–Crippen MR) is 84.5 cm³/mol. The Kier molecular flexibility index (Phi) is 5.70. The second kappa shape index (κ2) is 7.94. The molecule has 1 aromatic heterocycles. The SMILES string of the molecule is O=[N+]([O-])c1cc([N+](=O)[O-])c(OCC(O)C[n+]2ccccc2)c([N+](=O)[O-])c1. The Morgan fingerprint density at radius 3 is 1.96 bits per heavy atom. The Labute approximate surface area is 145 Å². The number of aliphatic hydroxyl groups is 1. The number of hydrogen-bond acceptors (Lipinski definition) is 8. The molecule has 1 atom stereocenters. The van der Waals surface area contributed by atoms with Gasteiger partial charge in [0.15, 0.2) is 18.9 Å². The van der Waals surface area contributed by atoms with E-state index in [1.807, 2.05) is 0 Å². The van der Waals surface area contributed by atoms with Crippen LogP contribution in [0.4, 0.5) is 17.1 Å². The summed E-state index contributed by atoms with van der Waals surface area (Å²) in [6.07, 6.45) is 2.21. The molecular formula is C14H13N4O8+. The lowest BCUT2D eigenvalue weighted by atomic mass is 10.2. The Morgan fingerprint density at radius 1 is 0.962 bits per heavy atom. The number of nitrogens with zero attached hydrogens (tertiary/aromatic N) is 4. The second-order valence-electron chi connectivity index (χ2n) is 5.12.